The number of H-pyrrole nitrogens is 1. The third-order valence-corrected chi connectivity index (χ3v) is 2.72. The lowest BCUT2D eigenvalue weighted by molar-refractivity contribution is -0.138. The zero-order chi connectivity index (χ0) is 12.4. The minimum atomic E-state index is -1.02. The Morgan fingerprint density at radius 1 is 1.53 bits per heavy atom. The average molecular weight is 234 g/mol. The summed E-state index contributed by atoms with van der Waals surface area (Å²) in [4.78, 5) is 13.9. The maximum Gasteiger partial charge on any atom is 0.320 e. The maximum absolute atomic E-state index is 10.8. The van der Waals surface area contributed by atoms with Crippen LogP contribution in [0.2, 0.25) is 0 Å². The lowest BCUT2D eigenvalue weighted by Crippen LogP contribution is -2.32. The Morgan fingerprint density at radius 3 is 2.88 bits per heavy atom. The van der Waals surface area contributed by atoms with Gasteiger partial charge in [0.05, 0.1) is 7.11 Å². The van der Waals surface area contributed by atoms with Crippen molar-refractivity contribution < 1.29 is 14.6 Å². The predicted octanol–water partition coefficient (Wildman–Crippen LogP) is 1.13. The normalized spacial score (nSPS) is 12.6. The first-order valence-electron chi connectivity index (χ1n) is 5.25. The fraction of sp³-hybridized carbons (Fsp3) is 0.250. The second-order valence-electron chi connectivity index (χ2n) is 3.83. The average Bonchev–Trinajstić information content (AvgIpc) is 2.67. The van der Waals surface area contributed by atoms with Crippen LogP contribution in [-0.4, -0.2) is 29.2 Å². The maximum atomic E-state index is 10.8. The van der Waals surface area contributed by atoms with Crippen LogP contribution in [0.15, 0.2) is 24.3 Å². The van der Waals surface area contributed by atoms with E-state index >= 15 is 0 Å². The first kappa shape index (κ1) is 11.5. The lowest BCUT2D eigenvalue weighted by Gasteiger charge is -2.07. The number of nitrogens with one attached hydrogen (secondary N) is 1. The molecule has 0 aliphatic rings. The minimum absolute atomic E-state index is 0.239. The van der Waals surface area contributed by atoms with E-state index in [9.17, 15) is 4.79 Å². The van der Waals surface area contributed by atoms with E-state index in [1.165, 1.54) is 0 Å². The van der Waals surface area contributed by atoms with Gasteiger partial charge in [0, 0.05) is 22.9 Å². The van der Waals surface area contributed by atoms with Gasteiger partial charge in [-0.2, -0.15) is 0 Å². The molecule has 90 valence electrons. The number of para-hydroxylation sites is 1. The number of carboxylic acids is 1. The third kappa shape index (κ3) is 2.09. The predicted molar refractivity (Wildman–Crippen MR) is 64.2 cm³/mol. The van der Waals surface area contributed by atoms with Gasteiger partial charge in [-0.25, -0.2) is 0 Å². The molecule has 4 N–H and O–H groups in total. The molecule has 0 aliphatic carbocycles. The second-order valence-corrected chi connectivity index (χ2v) is 3.83. The molecule has 17 heavy (non-hydrogen) atoms. The highest BCUT2D eigenvalue weighted by Gasteiger charge is 2.18. The van der Waals surface area contributed by atoms with E-state index in [0.717, 1.165) is 16.5 Å². The molecule has 1 heterocycles. The van der Waals surface area contributed by atoms with Crippen LogP contribution in [0.1, 0.15) is 5.56 Å². The molecule has 0 unspecified atom stereocenters. The number of carboxylic acid groups (broad SMARTS) is 1. The van der Waals surface area contributed by atoms with Crippen LogP contribution in [0.4, 0.5) is 0 Å². The monoisotopic (exact) mass is 234 g/mol. The first-order valence-corrected chi connectivity index (χ1v) is 5.25. The highest BCUT2D eigenvalue weighted by atomic mass is 16.5. The molecule has 1 aromatic carbocycles. The Labute approximate surface area is 98.2 Å². The fourth-order valence-electron chi connectivity index (χ4n) is 1.86. The standard InChI is InChI=1S/C12H14N2O3/c1-17-11-8(6-9(13)12(15)16)7-4-2-3-5-10(7)14-11/h2-5,9,14H,6,13H2,1H3,(H,15,16)/t9-/m1/s1. The van der Waals surface area contributed by atoms with Crippen molar-refractivity contribution in [2.45, 2.75) is 12.5 Å². The van der Waals surface area contributed by atoms with Crippen LogP contribution < -0.4 is 10.5 Å². The molecule has 1 aromatic heterocycles. The van der Waals surface area contributed by atoms with Gasteiger partial charge in [0.15, 0.2) is 5.88 Å². The van der Waals surface area contributed by atoms with Crippen molar-refractivity contribution in [3.8, 4) is 5.88 Å². The van der Waals surface area contributed by atoms with E-state index in [-0.39, 0.29) is 6.42 Å². The topological polar surface area (TPSA) is 88.3 Å². The summed E-state index contributed by atoms with van der Waals surface area (Å²) in [5.74, 6) is -0.444. The van der Waals surface area contributed by atoms with Gasteiger partial charge in [-0.05, 0) is 6.07 Å². The molecule has 0 saturated heterocycles. The molecule has 0 aliphatic heterocycles. The second kappa shape index (κ2) is 4.47. The molecule has 1 atom stereocenters. The highest BCUT2D eigenvalue weighted by Crippen LogP contribution is 2.28. The van der Waals surface area contributed by atoms with Gasteiger partial charge in [0.2, 0.25) is 0 Å². The van der Waals surface area contributed by atoms with E-state index in [0.29, 0.717) is 5.88 Å². The minimum Gasteiger partial charge on any atom is -0.482 e. The van der Waals surface area contributed by atoms with Gasteiger partial charge in [-0.15, -0.1) is 0 Å². The molecular weight excluding hydrogens is 220 g/mol. The number of aromatic amines is 1. The van der Waals surface area contributed by atoms with Gasteiger partial charge < -0.3 is 20.6 Å². The van der Waals surface area contributed by atoms with Gasteiger partial charge in [-0.3, -0.25) is 4.79 Å². The Kier molecular flexibility index (Phi) is 3.01. The summed E-state index contributed by atoms with van der Waals surface area (Å²) < 4.78 is 5.21. The number of hydrogen-bond donors (Lipinski definition) is 3. The van der Waals surface area contributed by atoms with Crippen molar-refractivity contribution in [1.82, 2.24) is 4.98 Å². The van der Waals surface area contributed by atoms with Crippen LogP contribution in [0, 0.1) is 0 Å². The number of carbonyl (C=O) groups is 1. The molecule has 0 amide bonds. The van der Waals surface area contributed by atoms with Crippen molar-refractivity contribution >= 4 is 16.9 Å². The van der Waals surface area contributed by atoms with Crippen molar-refractivity contribution in [2.24, 2.45) is 5.73 Å². The smallest absolute Gasteiger partial charge is 0.320 e. The number of methoxy groups -OCH3 is 1. The number of nitrogens with two attached hydrogens (primary N) is 1. The summed E-state index contributed by atoms with van der Waals surface area (Å²) in [6.07, 6.45) is 0.239. The number of hydrogen-bond acceptors (Lipinski definition) is 3. The summed E-state index contributed by atoms with van der Waals surface area (Å²) in [6.45, 7) is 0. The van der Waals surface area contributed by atoms with E-state index in [1.807, 2.05) is 24.3 Å². The lowest BCUT2D eigenvalue weighted by atomic mass is 10.1. The molecule has 2 aromatic rings. The molecule has 5 nitrogen and oxygen atoms in total. The van der Waals surface area contributed by atoms with Crippen molar-refractivity contribution in [3.63, 3.8) is 0 Å². The summed E-state index contributed by atoms with van der Waals surface area (Å²) in [5.41, 5.74) is 7.27. The van der Waals surface area contributed by atoms with Gasteiger partial charge in [0.25, 0.3) is 0 Å². The van der Waals surface area contributed by atoms with E-state index < -0.39 is 12.0 Å². The fourth-order valence-corrected chi connectivity index (χ4v) is 1.86. The van der Waals surface area contributed by atoms with Crippen molar-refractivity contribution in [1.29, 1.82) is 0 Å². The first-order chi connectivity index (χ1) is 8.13. The summed E-state index contributed by atoms with van der Waals surface area (Å²) >= 11 is 0. The Bertz CT molecular complexity index is 548. The Hall–Kier alpha value is -2.01. The third-order valence-electron chi connectivity index (χ3n) is 2.72. The number of fused-ring (bicyclic) bond motifs is 1. The SMILES string of the molecule is COc1[nH]c2ccccc2c1C[C@@H](N)C(=O)O. The molecule has 0 bridgehead atoms. The van der Waals surface area contributed by atoms with E-state index in [1.54, 1.807) is 7.11 Å². The van der Waals surface area contributed by atoms with Crippen LogP contribution in [0.5, 0.6) is 5.88 Å². The highest BCUT2D eigenvalue weighted by molar-refractivity contribution is 5.87. The van der Waals surface area contributed by atoms with E-state index in [4.69, 9.17) is 15.6 Å². The summed E-state index contributed by atoms with van der Waals surface area (Å²) in [6, 6.07) is 6.69. The molecule has 0 spiro atoms. The Morgan fingerprint density at radius 2 is 2.24 bits per heavy atom. The zero-order valence-corrected chi connectivity index (χ0v) is 9.43. The molecule has 0 saturated carbocycles. The van der Waals surface area contributed by atoms with Crippen LogP contribution >= 0.6 is 0 Å². The number of aromatic nitrogens is 1. The summed E-state index contributed by atoms with van der Waals surface area (Å²) in [5, 5.41) is 9.79. The van der Waals surface area contributed by atoms with Gasteiger partial charge in [-0.1, -0.05) is 18.2 Å². The molecule has 2 rings (SSSR count). The number of benzene rings is 1. The van der Waals surface area contributed by atoms with Crippen LogP contribution in [-0.2, 0) is 11.2 Å². The number of aliphatic carboxylic acids is 1. The number of rotatable bonds is 4. The van der Waals surface area contributed by atoms with Gasteiger partial charge >= 0.3 is 5.97 Å². The molecule has 5 heteroatoms. The van der Waals surface area contributed by atoms with Crippen molar-refractivity contribution in [2.75, 3.05) is 7.11 Å². The molecule has 0 fully saturated rings. The molecule has 0 radical (unpaired) electrons. The largest absolute Gasteiger partial charge is 0.482 e. The zero-order valence-electron chi connectivity index (χ0n) is 9.43. The Balaban J connectivity index is 2.46. The molecular formula is C12H14N2O3. The van der Waals surface area contributed by atoms with Gasteiger partial charge in [0.1, 0.15) is 6.04 Å². The van der Waals surface area contributed by atoms with E-state index in [2.05, 4.69) is 4.98 Å². The summed E-state index contributed by atoms with van der Waals surface area (Å²) in [7, 11) is 1.54. The van der Waals surface area contributed by atoms with Crippen LogP contribution in [0.25, 0.3) is 10.9 Å². The van der Waals surface area contributed by atoms with Crippen molar-refractivity contribution in [3.05, 3.63) is 29.8 Å². The van der Waals surface area contributed by atoms with Crippen LogP contribution in [0.3, 0.4) is 0 Å². The number of ether oxygens (including phenoxy) is 1. The quantitative estimate of drug-likeness (QED) is 0.740.